The number of hydrogen-bond acceptors (Lipinski definition) is 4. The number of ether oxygens (including phenoxy) is 3. The van der Waals surface area contributed by atoms with Crippen molar-refractivity contribution in [1.82, 2.24) is 0 Å². The van der Waals surface area contributed by atoms with Gasteiger partial charge in [0.1, 0.15) is 6.79 Å². The summed E-state index contributed by atoms with van der Waals surface area (Å²) in [5.74, 6) is -0.418. The van der Waals surface area contributed by atoms with Crippen molar-refractivity contribution in [2.45, 2.75) is 0 Å². The number of methoxy groups -OCH3 is 1. The second kappa shape index (κ2) is 6.55. The van der Waals surface area contributed by atoms with Crippen molar-refractivity contribution in [2.75, 3.05) is 20.7 Å². The smallest absolute Gasteiger partial charge is 0.340 e. The van der Waals surface area contributed by atoms with E-state index in [4.69, 9.17) is 9.47 Å². The molecule has 0 radical (unpaired) electrons. The van der Waals surface area contributed by atoms with Gasteiger partial charge in [-0.15, -0.1) is 0 Å². The summed E-state index contributed by atoms with van der Waals surface area (Å²) in [6.07, 6.45) is 0. The second-order valence-corrected chi connectivity index (χ2v) is 3.58. The average molecular weight is 275 g/mol. The Bertz CT molecular complexity index is 310. The molecule has 0 fully saturated rings. The number of esters is 1. The molecular weight excluding hydrogens is 264 g/mol. The molecule has 0 spiro atoms. The van der Waals surface area contributed by atoms with Gasteiger partial charge in [-0.25, -0.2) is 4.79 Å². The van der Waals surface area contributed by atoms with Gasteiger partial charge in [-0.2, -0.15) is 0 Å². The molecule has 0 aliphatic carbocycles. The molecule has 0 unspecified atom stereocenters. The Morgan fingerprint density at radius 3 is 2.53 bits per heavy atom. The molecule has 4 nitrogen and oxygen atoms in total. The first-order valence-electron chi connectivity index (χ1n) is 4.23. The molecular formula is C10H11BrO4. The molecule has 82 valence electrons. The van der Waals surface area contributed by atoms with Crippen LogP contribution in [-0.2, 0) is 14.2 Å². The standard InChI is InChI=1S/C10H11BrO4/c1-13-6-14-7-15-10(12)8-2-4-9(11)5-3-8/h2-5H,6-7H2,1H3. The number of carbonyl (C=O) groups excluding carboxylic acids is 1. The lowest BCUT2D eigenvalue weighted by molar-refractivity contribution is -0.100. The molecule has 0 bridgehead atoms. The number of rotatable bonds is 5. The minimum absolute atomic E-state index is 0.105. The van der Waals surface area contributed by atoms with Gasteiger partial charge in [0.25, 0.3) is 0 Å². The van der Waals surface area contributed by atoms with Gasteiger partial charge in [0.15, 0.2) is 6.79 Å². The molecule has 0 aliphatic heterocycles. The third kappa shape index (κ3) is 4.42. The van der Waals surface area contributed by atoms with Gasteiger partial charge >= 0.3 is 5.97 Å². The fourth-order valence-corrected chi connectivity index (χ4v) is 1.15. The van der Waals surface area contributed by atoms with Crippen LogP contribution in [0.4, 0.5) is 0 Å². The minimum Gasteiger partial charge on any atom is -0.435 e. The van der Waals surface area contributed by atoms with E-state index in [0.29, 0.717) is 5.56 Å². The highest BCUT2D eigenvalue weighted by Gasteiger charge is 2.05. The van der Waals surface area contributed by atoms with Gasteiger partial charge in [-0.1, -0.05) is 15.9 Å². The van der Waals surface area contributed by atoms with E-state index in [-0.39, 0.29) is 13.6 Å². The molecule has 0 aromatic heterocycles. The Morgan fingerprint density at radius 1 is 1.27 bits per heavy atom. The van der Waals surface area contributed by atoms with Crippen molar-refractivity contribution in [3.63, 3.8) is 0 Å². The van der Waals surface area contributed by atoms with Crippen LogP contribution >= 0.6 is 15.9 Å². The molecule has 0 saturated heterocycles. The van der Waals surface area contributed by atoms with E-state index in [1.54, 1.807) is 24.3 Å². The summed E-state index contributed by atoms with van der Waals surface area (Å²) in [6, 6.07) is 6.88. The van der Waals surface area contributed by atoms with Crippen LogP contribution in [0.3, 0.4) is 0 Å². The molecule has 0 saturated carbocycles. The third-order valence-electron chi connectivity index (χ3n) is 1.55. The predicted octanol–water partition coefficient (Wildman–Crippen LogP) is 2.18. The maximum Gasteiger partial charge on any atom is 0.340 e. The summed E-state index contributed by atoms with van der Waals surface area (Å²) in [7, 11) is 1.50. The quantitative estimate of drug-likeness (QED) is 0.469. The lowest BCUT2D eigenvalue weighted by atomic mass is 10.2. The van der Waals surface area contributed by atoms with Crippen molar-refractivity contribution in [1.29, 1.82) is 0 Å². The average Bonchev–Trinajstić information content (AvgIpc) is 2.25. The summed E-state index contributed by atoms with van der Waals surface area (Å²) in [4.78, 5) is 11.4. The normalized spacial score (nSPS) is 10.0. The summed E-state index contributed by atoms with van der Waals surface area (Å²) < 4.78 is 15.2. The van der Waals surface area contributed by atoms with Crippen LogP contribution in [0.5, 0.6) is 0 Å². The molecule has 1 rings (SSSR count). The molecule has 0 atom stereocenters. The Balaban J connectivity index is 2.37. The van der Waals surface area contributed by atoms with E-state index in [2.05, 4.69) is 20.7 Å². The van der Waals surface area contributed by atoms with Crippen LogP contribution in [0.1, 0.15) is 10.4 Å². The van der Waals surface area contributed by atoms with Crippen LogP contribution in [-0.4, -0.2) is 26.7 Å². The van der Waals surface area contributed by atoms with Crippen LogP contribution in [0.15, 0.2) is 28.7 Å². The Kier molecular flexibility index (Phi) is 5.31. The van der Waals surface area contributed by atoms with Crippen molar-refractivity contribution < 1.29 is 19.0 Å². The Labute approximate surface area is 96.3 Å². The lowest BCUT2D eigenvalue weighted by Gasteiger charge is -2.04. The zero-order chi connectivity index (χ0) is 11.1. The van der Waals surface area contributed by atoms with Gasteiger partial charge in [0.2, 0.25) is 0 Å². The topological polar surface area (TPSA) is 44.8 Å². The van der Waals surface area contributed by atoms with Crippen LogP contribution < -0.4 is 0 Å². The highest BCUT2D eigenvalue weighted by atomic mass is 79.9. The molecule has 1 aromatic carbocycles. The highest BCUT2D eigenvalue weighted by molar-refractivity contribution is 9.10. The fourth-order valence-electron chi connectivity index (χ4n) is 0.882. The maximum absolute atomic E-state index is 11.4. The molecule has 0 aliphatic rings. The Morgan fingerprint density at radius 2 is 1.93 bits per heavy atom. The molecule has 5 heteroatoms. The first-order chi connectivity index (χ1) is 7.24. The van der Waals surface area contributed by atoms with Crippen LogP contribution in [0, 0.1) is 0 Å². The SMILES string of the molecule is COCOCOC(=O)c1ccc(Br)cc1. The van der Waals surface area contributed by atoms with E-state index in [1.807, 2.05) is 0 Å². The Hall–Kier alpha value is -0.910. The number of hydrogen-bond donors (Lipinski definition) is 0. The maximum atomic E-state index is 11.4. The summed E-state index contributed by atoms with van der Waals surface area (Å²) in [6.45, 7) is -0.00362. The first-order valence-corrected chi connectivity index (χ1v) is 5.02. The summed E-state index contributed by atoms with van der Waals surface area (Å²) >= 11 is 3.27. The van der Waals surface area contributed by atoms with E-state index >= 15 is 0 Å². The van der Waals surface area contributed by atoms with E-state index in [0.717, 1.165) is 4.47 Å². The molecule has 15 heavy (non-hydrogen) atoms. The first kappa shape index (κ1) is 12.2. The summed E-state index contributed by atoms with van der Waals surface area (Å²) in [5.41, 5.74) is 0.485. The second-order valence-electron chi connectivity index (χ2n) is 2.67. The minimum atomic E-state index is -0.418. The molecule has 0 heterocycles. The summed E-state index contributed by atoms with van der Waals surface area (Å²) in [5, 5.41) is 0. The zero-order valence-electron chi connectivity index (χ0n) is 8.23. The van der Waals surface area contributed by atoms with Gasteiger partial charge in [0.05, 0.1) is 5.56 Å². The van der Waals surface area contributed by atoms with Gasteiger partial charge in [-0.05, 0) is 24.3 Å². The molecule has 0 amide bonds. The lowest BCUT2D eigenvalue weighted by Crippen LogP contribution is -2.09. The fraction of sp³-hybridized carbons (Fsp3) is 0.300. The van der Waals surface area contributed by atoms with Crippen molar-refractivity contribution >= 4 is 21.9 Å². The number of halogens is 1. The molecule has 0 N–H and O–H groups in total. The van der Waals surface area contributed by atoms with Gasteiger partial charge in [0, 0.05) is 11.6 Å². The van der Waals surface area contributed by atoms with E-state index in [1.165, 1.54) is 7.11 Å². The van der Waals surface area contributed by atoms with Gasteiger partial charge < -0.3 is 14.2 Å². The van der Waals surface area contributed by atoms with Gasteiger partial charge in [-0.3, -0.25) is 0 Å². The molecule has 1 aromatic rings. The highest BCUT2D eigenvalue weighted by Crippen LogP contribution is 2.11. The van der Waals surface area contributed by atoms with E-state index < -0.39 is 5.97 Å². The third-order valence-corrected chi connectivity index (χ3v) is 2.08. The predicted molar refractivity (Wildman–Crippen MR) is 57.4 cm³/mol. The van der Waals surface area contributed by atoms with Crippen LogP contribution in [0.2, 0.25) is 0 Å². The van der Waals surface area contributed by atoms with Crippen molar-refractivity contribution in [3.8, 4) is 0 Å². The van der Waals surface area contributed by atoms with Crippen molar-refractivity contribution in [3.05, 3.63) is 34.3 Å². The largest absolute Gasteiger partial charge is 0.435 e. The number of carbonyl (C=O) groups is 1. The van der Waals surface area contributed by atoms with Crippen molar-refractivity contribution in [2.24, 2.45) is 0 Å². The zero-order valence-corrected chi connectivity index (χ0v) is 9.82. The van der Waals surface area contributed by atoms with Crippen LogP contribution in [0.25, 0.3) is 0 Å². The van der Waals surface area contributed by atoms with E-state index in [9.17, 15) is 4.79 Å². The monoisotopic (exact) mass is 274 g/mol. The number of benzene rings is 1.